The van der Waals surface area contributed by atoms with Crippen LogP contribution < -0.4 is 0 Å². The minimum Gasteiger partial charge on any atom is -0.396 e. The van der Waals surface area contributed by atoms with Crippen molar-refractivity contribution >= 4 is 0 Å². The van der Waals surface area contributed by atoms with Gasteiger partial charge in [0.15, 0.2) is 0 Å². The van der Waals surface area contributed by atoms with E-state index in [9.17, 15) is 0 Å². The largest absolute Gasteiger partial charge is 0.396 e. The highest BCUT2D eigenvalue weighted by Gasteiger charge is 2.01. The molecule has 0 spiro atoms. The quantitative estimate of drug-likeness (QED) is 0.214. The lowest BCUT2D eigenvalue weighted by Crippen LogP contribution is -2.10. The second-order valence-corrected chi connectivity index (χ2v) is 7.57. The van der Waals surface area contributed by atoms with Gasteiger partial charge in [0.05, 0.1) is 25.4 Å². The van der Waals surface area contributed by atoms with Gasteiger partial charge in [-0.3, -0.25) is 0 Å². The summed E-state index contributed by atoms with van der Waals surface area (Å²) in [4.78, 5) is 0. The van der Waals surface area contributed by atoms with Gasteiger partial charge < -0.3 is 25.5 Å². The van der Waals surface area contributed by atoms with Crippen molar-refractivity contribution in [2.45, 2.75) is 122 Å². The monoisotopic (exact) mass is 392 g/mol. The van der Waals surface area contributed by atoms with Gasteiger partial charge in [-0.2, -0.15) is 0 Å². The van der Waals surface area contributed by atoms with Crippen LogP contribution in [0.5, 0.6) is 0 Å². The number of unbranched alkanes of at least 4 members (excludes halogenated alkanes) is 12. The van der Waals surface area contributed by atoms with Crippen LogP contribution in [0.25, 0.3) is 0 Å². The highest BCUT2D eigenvalue weighted by atomic mass is 16.3. The first-order valence-corrected chi connectivity index (χ1v) is 11.3. The van der Waals surface area contributed by atoms with Crippen LogP contribution in [0.3, 0.4) is 0 Å². The SMILES string of the molecule is CCCCCCCCCCC(O)CO.OCCCCCCCCC(O)CO. The van der Waals surface area contributed by atoms with Crippen molar-refractivity contribution in [1.29, 1.82) is 0 Å². The van der Waals surface area contributed by atoms with Gasteiger partial charge in [-0.1, -0.05) is 90.4 Å². The van der Waals surface area contributed by atoms with Crippen molar-refractivity contribution < 1.29 is 25.5 Å². The van der Waals surface area contributed by atoms with Gasteiger partial charge in [0.1, 0.15) is 0 Å². The molecule has 0 saturated heterocycles. The second kappa shape index (κ2) is 25.8. The van der Waals surface area contributed by atoms with Crippen molar-refractivity contribution in [2.24, 2.45) is 0 Å². The Morgan fingerprint density at radius 2 is 0.815 bits per heavy atom. The molecule has 0 amide bonds. The molecule has 0 saturated carbocycles. The Hall–Kier alpha value is -0.200. The summed E-state index contributed by atoms with van der Waals surface area (Å²) in [5.74, 6) is 0. The molecule has 0 aliphatic carbocycles. The van der Waals surface area contributed by atoms with Gasteiger partial charge >= 0.3 is 0 Å². The summed E-state index contributed by atoms with van der Waals surface area (Å²) in [5.41, 5.74) is 0. The van der Waals surface area contributed by atoms with Gasteiger partial charge in [0.2, 0.25) is 0 Å². The fraction of sp³-hybridized carbons (Fsp3) is 1.00. The molecule has 0 bridgehead atoms. The molecule has 166 valence electrons. The lowest BCUT2D eigenvalue weighted by atomic mass is 10.1. The summed E-state index contributed by atoms with van der Waals surface area (Å²) in [6.45, 7) is 2.32. The fourth-order valence-electron chi connectivity index (χ4n) is 2.90. The van der Waals surface area contributed by atoms with E-state index in [4.69, 9.17) is 25.5 Å². The average molecular weight is 393 g/mol. The van der Waals surface area contributed by atoms with E-state index in [-0.39, 0.29) is 13.2 Å². The Bertz CT molecular complexity index is 251. The van der Waals surface area contributed by atoms with Gasteiger partial charge in [0, 0.05) is 6.61 Å². The summed E-state index contributed by atoms with van der Waals surface area (Å²) < 4.78 is 0. The highest BCUT2D eigenvalue weighted by Crippen LogP contribution is 2.10. The van der Waals surface area contributed by atoms with Gasteiger partial charge in [-0.25, -0.2) is 0 Å². The minimum absolute atomic E-state index is 0.0868. The van der Waals surface area contributed by atoms with Crippen molar-refractivity contribution in [3.63, 3.8) is 0 Å². The molecule has 2 atom stereocenters. The third kappa shape index (κ3) is 28.1. The van der Waals surface area contributed by atoms with E-state index >= 15 is 0 Å². The van der Waals surface area contributed by atoms with Crippen LogP contribution in [0.15, 0.2) is 0 Å². The third-order valence-electron chi connectivity index (χ3n) is 4.76. The van der Waals surface area contributed by atoms with Crippen LogP contribution in [0.1, 0.15) is 110 Å². The number of hydrogen-bond acceptors (Lipinski definition) is 5. The Kier molecular flexibility index (Phi) is 27.7. The first-order valence-electron chi connectivity index (χ1n) is 11.3. The van der Waals surface area contributed by atoms with E-state index in [0.29, 0.717) is 13.0 Å². The molecule has 0 aliphatic heterocycles. The molecule has 2 unspecified atom stereocenters. The van der Waals surface area contributed by atoms with Crippen molar-refractivity contribution in [3.05, 3.63) is 0 Å². The molecular formula is C22H48O5. The van der Waals surface area contributed by atoms with E-state index in [1.165, 1.54) is 44.9 Å². The van der Waals surface area contributed by atoms with E-state index < -0.39 is 12.2 Å². The topological polar surface area (TPSA) is 101 Å². The predicted molar refractivity (Wildman–Crippen MR) is 113 cm³/mol. The highest BCUT2D eigenvalue weighted by molar-refractivity contribution is 4.54. The van der Waals surface area contributed by atoms with E-state index in [1.807, 2.05) is 0 Å². The number of aliphatic hydroxyl groups is 5. The molecule has 0 rings (SSSR count). The minimum atomic E-state index is -0.530. The number of aliphatic hydroxyl groups excluding tert-OH is 5. The maximum absolute atomic E-state index is 9.08. The van der Waals surface area contributed by atoms with Crippen LogP contribution in [0.4, 0.5) is 0 Å². The number of hydrogen-bond donors (Lipinski definition) is 5. The maximum Gasteiger partial charge on any atom is 0.0770 e. The van der Waals surface area contributed by atoms with Crippen molar-refractivity contribution in [2.75, 3.05) is 19.8 Å². The van der Waals surface area contributed by atoms with Gasteiger partial charge in [-0.15, -0.1) is 0 Å². The lowest BCUT2D eigenvalue weighted by Gasteiger charge is -2.06. The van der Waals surface area contributed by atoms with Crippen molar-refractivity contribution in [1.82, 2.24) is 0 Å². The standard InChI is InChI=1S/C12H26O2.C10H22O3/c1-2-3-4-5-6-7-8-9-10-12(14)11-13;11-8-6-4-2-1-3-5-7-10(13)9-12/h12-14H,2-11H2,1H3;10-13H,1-9H2. The molecule has 0 aromatic carbocycles. The lowest BCUT2D eigenvalue weighted by molar-refractivity contribution is 0.0859. The number of rotatable bonds is 19. The molecule has 0 fully saturated rings. The fourth-order valence-corrected chi connectivity index (χ4v) is 2.90. The molecule has 5 nitrogen and oxygen atoms in total. The summed E-state index contributed by atoms with van der Waals surface area (Å²) in [5, 5.41) is 43.7. The molecule has 0 aliphatic rings. The summed E-state index contributed by atoms with van der Waals surface area (Å²) in [6, 6.07) is 0. The first-order chi connectivity index (χ1) is 13.1. The van der Waals surface area contributed by atoms with Crippen LogP contribution in [0, 0.1) is 0 Å². The molecule has 5 heteroatoms. The normalized spacial score (nSPS) is 13.1. The first kappa shape index (κ1) is 29.0. The zero-order valence-electron chi connectivity index (χ0n) is 17.8. The third-order valence-corrected chi connectivity index (χ3v) is 4.76. The molecule has 0 radical (unpaired) electrons. The smallest absolute Gasteiger partial charge is 0.0770 e. The van der Waals surface area contributed by atoms with Gasteiger partial charge in [0.25, 0.3) is 0 Å². The molecule has 27 heavy (non-hydrogen) atoms. The zero-order valence-corrected chi connectivity index (χ0v) is 17.8. The van der Waals surface area contributed by atoms with E-state index in [0.717, 1.165) is 51.4 Å². The summed E-state index contributed by atoms with van der Waals surface area (Å²) in [6.07, 6.45) is 17.1. The summed E-state index contributed by atoms with van der Waals surface area (Å²) >= 11 is 0. The van der Waals surface area contributed by atoms with Crippen LogP contribution in [-0.4, -0.2) is 57.6 Å². The van der Waals surface area contributed by atoms with Crippen LogP contribution in [-0.2, 0) is 0 Å². The van der Waals surface area contributed by atoms with Crippen LogP contribution in [0.2, 0.25) is 0 Å². The average Bonchev–Trinajstić information content (AvgIpc) is 2.69. The molecule has 0 aromatic heterocycles. The van der Waals surface area contributed by atoms with Gasteiger partial charge in [-0.05, 0) is 19.3 Å². The maximum atomic E-state index is 9.08. The Morgan fingerprint density at radius 3 is 1.15 bits per heavy atom. The molecule has 0 heterocycles. The van der Waals surface area contributed by atoms with E-state index in [1.54, 1.807) is 0 Å². The second-order valence-electron chi connectivity index (χ2n) is 7.57. The zero-order chi connectivity index (χ0) is 20.6. The molecule has 0 aromatic rings. The summed E-state index contributed by atoms with van der Waals surface area (Å²) in [7, 11) is 0. The van der Waals surface area contributed by atoms with E-state index in [2.05, 4.69) is 6.92 Å². The predicted octanol–water partition coefficient (Wildman–Crippen LogP) is 3.93. The molecule has 5 N–H and O–H groups in total. The van der Waals surface area contributed by atoms with Crippen molar-refractivity contribution in [3.8, 4) is 0 Å². The van der Waals surface area contributed by atoms with Crippen LogP contribution >= 0.6 is 0 Å². The molecular weight excluding hydrogens is 344 g/mol. The Balaban J connectivity index is 0. The Morgan fingerprint density at radius 1 is 0.481 bits per heavy atom. The Labute approximate surface area is 167 Å².